The third-order valence-corrected chi connectivity index (χ3v) is 3.98. The molecular formula is C12H12F4N2S. The molecule has 1 aromatic rings. The Labute approximate surface area is 112 Å². The summed E-state index contributed by atoms with van der Waals surface area (Å²) in [6.07, 6.45) is -3.58. The van der Waals surface area contributed by atoms with Gasteiger partial charge in [0.25, 0.3) is 0 Å². The van der Waals surface area contributed by atoms with Crippen LogP contribution < -0.4 is 5.32 Å². The first-order valence-electron chi connectivity index (χ1n) is 5.75. The summed E-state index contributed by atoms with van der Waals surface area (Å²) < 4.78 is 51.1. The molecule has 0 amide bonds. The highest BCUT2D eigenvalue weighted by atomic mass is 32.2. The molecule has 1 aliphatic rings. The predicted molar refractivity (Wildman–Crippen MR) is 69.0 cm³/mol. The summed E-state index contributed by atoms with van der Waals surface area (Å²) in [4.78, 5) is 4.14. The van der Waals surface area contributed by atoms with Crippen LogP contribution in [0.25, 0.3) is 0 Å². The van der Waals surface area contributed by atoms with Gasteiger partial charge >= 0.3 is 6.18 Å². The SMILES string of the molecule is CCC1CN=C(Nc2cc(C(F)(F)F)ccc2F)S1. The fraction of sp³-hybridized carbons (Fsp3) is 0.417. The second-order valence-electron chi connectivity index (χ2n) is 4.11. The summed E-state index contributed by atoms with van der Waals surface area (Å²) in [6, 6.07) is 2.29. The molecule has 104 valence electrons. The van der Waals surface area contributed by atoms with Gasteiger partial charge in [-0.2, -0.15) is 13.2 Å². The molecule has 1 heterocycles. The van der Waals surface area contributed by atoms with E-state index < -0.39 is 17.6 Å². The van der Waals surface area contributed by atoms with Gasteiger partial charge in [-0.25, -0.2) is 4.39 Å². The van der Waals surface area contributed by atoms with Crippen LogP contribution in [0, 0.1) is 5.82 Å². The van der Waals surface area contributed by atoms with E-state index in [0.29, 0.717) is 17.0 Å². The molecule has 0 saturated heterocycles. The Kier molecular flexibility index (Phi) is 4.03. The maximum Gasteiger partial charge on any atom is 0.416 e. The number of benzene rings is 1. The molecule has 0 radical (unpaired) electrons. The third kappa shape index (κ3) is 3.40. The predicted octanol–water partition coefficient (Wildman–Crippen LogP) is 4.14. The number of aliphatic imine (C=N–C) groups is 1. The molecular weight excluding hydrogens is 280 g/mol. The van der Waals surface area contributed by atoms with E-state index in [-0.39, 0.29) is 5.69 Å². The molecule has 19 heavy (non-hydrogen) atoms. The van der Waals surface area contributed by atoms with E-state index in [0.717, 1.165) is 24.6 Å². The number of halogens is 4. The number of hydrogen-bond donors (Lipinski definition) is 1. The van der Waals surface area contributed by atoms with Crippen LogP contribution in [0.15, 0.2) is 23.2 Å². The number of amidine groups is 1. The molecule has 1 atom stereocenters. The summed E-state index contributed by atoms with van der Waals surface area (Å²) in [6.45, 7) is 2.60. The molecule has 0 aliphatic carbocycles. The van der Waals surface area contributed by atoms with Crippen molar-refractivity contribution in [2.45, 2.75) is 24.8 Å². The van der Waals surface area contributed by atoms with Crippen LogP contribution in [-0.2, 0) is 6.18 Å². The number of nitrogens with zero attached hydrogens (tertiary/aromatic N) is 1. The number of nitrogens with one attached hydrogen (secondary N) is 1. The van der Waals surface area contributed by atoms with Gasteiger partial charge in [0.1, 0.15) is 5.82 Å². The number of alkyl halides is 3. The Morgan fingerprint density at radius 1 is 1.42 bits per heavy atom. The Balaban J connectivity index is 2.16. The lowest BCUT2D eigenvalue weighted by atomic mass is 10.2. The third-order valence-electron chi connectivity index (χ3n) is 2.71. The van der Waals surface area contributed by atoms with E-state index in [1.807, 2.05) is 6.92 Å². The number of anilines is 1. The minimum Gasteiger partial charge on any atom is -0.333 e. The van der Waals surface area contributed by atoms with Crippen molar-refractivity contribution in [2.24, 2.45) is 4.99 Å². The van der Waals surface area contributed by atoms with Crippen molar-refractivity contribution >= 4 is 22.6 Å². The molecule has 0 aromatic heterocycles. The fourth-order valence-electron chi connectivity index (χ4n) is 1.61. The maximum atomic E-state index is 13.5. The monoisotopic (exact) mass is 292 g/mol. The first-order chi connectivity index (χ1) is 8.90. The van der Waals surface area contributed by atoms with Crippen molar-refractivity contribution < 1.29 is 17.6 Å². The van der Waals surface area contributed by atoms with Gasteiger partial charge in [0.2, 0.25) is 0 Å². The van der Waals surface area contributed by atoms with Crippen LogP contribution in [-0.4, -0.2) is 17.0 Å². The van der Waals surface area contributed by atoms with Gasteiger partial charge in [0, 0.05) is 5.25 Å². The van der Waals surface area contributed by atoms with E-state index >= 15 is 0 Å². The van der Waals surface area contributed by atoms with Gasteiger partial charge < -0.3 is 5.32 Å². The van der Waals surface area contributed by atoms with Crippen molar-refractivity contribution in [3.05, 3.63) is 29.6 Å². The zero-order chi connectivity index (χ0) is 14.0. The molecule has 2 rings (SSSR count). The van der Waals surface area contributed by atoms with E-state index in [4.69, 9.17) is 0 Å². The molecule has 1 N–H and O–H groups in total. The number of rotatable bonds is 2. The van der Waals surface area contributed by atoms with Gasteiger partial charge in [-0.3, -0.25) is 4.99 Å². The molecule has 0 saturated carbocycles. The normalized spacial score (nSPS) is 19.4. The van der Waals surface area contributed by atoms with Crippen molar-refractivity contribution in [3.8, 4) is 0 Å². The Morgan fingerprint density at radius 2 is 2.16 bits per heavy atom. The molecule has 7 heteroatoms. The number of hydrogen-bond acceptors (Lipinski definition) is 3. The summed E-state index contributed by atoms with van der Waals surface area (Å²) in [5.41, 5.74) is -1.08. The van der Waals surface area contributed by atoms with Crippen LogP contribution >= 0.6 is 11.8 Å². The number of thioether (sulfide) groups is 1. The van der Waals surface area contributed by atoms with E-state index in [9.17, 15) is 17.6 Å². The summed E-state index contributed by atoms with van der Waals surface area (Å²) in [5, 5.41) is 3.39. The van der Waals surface area contributed by atoms with Crippen LogP contribution in [0.1, 0.15) is 18.9 Å². The van der Waals surface area contributed by atoms with Gasteiger partial charge in [0.05, 0.1) is 17.8 Å². The average Bonchev–Trinajstić information content (AvgIpc) is 2.78. The highest BCUT2D eigenvalue weighted by Crippen LogP contribution is 2.33. The standard InChI is InChI=1S/C12H12F4N2S/c1-2-8-6-17-11(19-8)18-10-5-7(12(14,15)16)3-4-9(10)13/h3-5,8H,2,6H2,1H3,(H,17,18). The molecule has 1 aliphatic heterocycles. The van der Waals surface area contributed by atoms with Crippen molar-refractivity contribution in [3.63, 3.8) is 0 Å². The van der Waals surface area contributed by atoms with Gasteiger partial charge in [-0.15, -0.1) is 0 Å². The van der Waals surface area contributed by atoms with E-state index in [1.54, 1.807) is 0 Å². The van der Waals surface area contributed by atoms with Crippen LogP contribution in [0.4, 0.5) is 23.2 Å². The van der Waals surface area contributed by atoms with Gasteiger partial charge in [0.15, 0.2) is 5.17 Å². The summed E-state index contributed by atoms with van der Waals surface area (Å²) >= 11 is 1.42. The van der Waals surface area contributed by atoms with E-state index in [1.165, 1.54) is 11.8 Å². The highest BCUT2D eigenvalue weighted by molar-refractivity contribution is 8.15. The second-order valence-corrected chi connectivity index (χ2v) is 5.40. The van der Waals surface area contributed by atoms with E-state index in [2.05, 4.69) is 10.3 Å². The van der Waals surface area contributed by atoms with Crippen LogP contribution in [0.3, 0.4) is 0 Å². The van der Waals surface area contributed by atoms with Crippen molar-refractivity contribution in [2.75, 3.05) is 11.9 Å². The molecule has 0 spiro atoms. The van der Waals surface area contributed by atoms with Crippen molar-refractivity contribution in [1.29, 1.82) is 0 Å². The second kappa shape index (κ2) is 5.40. The zero-order valence-electron chi connectivity index (χ0n) is 10.1. The quantitative estimate of drug-likeness (QED) is 0.829. The first kappa shape index (κ1) is 14.2. The minimum atomic E-state index is -4.49. The smallest absolute Gasteiger partial charge is 0.333 e. The lowest BCUT2D eigenvalue weighted by Crippen LogP contribution is -2.11. The first-order valence-corrected chi connectivity index (χ1v) is 6.63. The minimum absolute atomic E-state index is 0.196. The van der Waals surface area contributed by atoms with Crippen LogP contribution in [0.2, 0.25) is 0 Å². The topological polar surface area (TPSA) is 24.4 Å². The summed E-state index contributed by atoms with van der Waals surface area (Å²) in [5.74, 6) is -0.726. The van der Waals surface area contributed by atoms with Gasteiger partial charge in [-0.1, -0.05) is 18.7 Å². The van der Waals surface area contributed by atoms with Gasteiger partial charge in [-0.05, 0) is 24.6 Å². The zero-order valence-corrected chi connectivity index (χ0v) is 10.9. The lowest BCUT2D eigenvalue weighted by molar-refractivity contribution is -0.137. The molecule has 2 nitrogen and oxygen atoms in total. The van der Waals surface area contributed by atoms with Crippen LogP contribution in [0.5, 0.6) is 0 Å². The maximum absolute atomic E-state index is 13.5. The largest absolute Gasteiger partial charge is 0.416 e. The lowest BCUT2D eigenvalue weighted by Gasteiger charge is -2.11. The highest BCUT2D eigenvalue weighted by Gasteiger charge is 2.31. The molecule has 1 unspecified atom stereocenters. The fourth-order valence-corrected chi connectivity index (χ4v) is 2.56. The van der Waals surface area contributed by atoms with Crippen molar-refractivity contribution in [1.82, 2.24) is 0 Å². The average molecular weight is 292 g/mol. The molecule has 0 bridgehead atoms. The molecule has 1 aromatic carbocycles. The molecule has 0 fully saturated rings. The Hall–Kier alpha value is -1.24. The Bertz CT molecular complexity index is 499. The Morgan fingerprint density at radius 3 is 2.74 bits per heavy atom. The summed E-state index contributed by atoms with van der Waals surface area (Å²) in [7, 11) is 0.